The van der Waals surface area contributed by atoms with E-state index >= 15 is 0 Å². The molecule has 4 nitrogen and oxygen atoms in total. The Morgan fingerprint density at radius 1 is 1.38 bits per heavy atom. The van der Waals surface area contributed by atoms with Gasteiger partial charge in [0.15, 0.2) is 0 Å². The Kier molecular flexibility index (Phi) is 6.41. The van der Waals surface area contributed by atoms with E-state index in [9.17, 15) is 13.6 Å². The third kappa shape index (κ3) is 5.99. The molecule has 1 aromatic rings. The fourth-order valence-corrected chi connectivity index (χ4v) is 2.58. The third-order valence-electron chi connectivity index (χ3n) is 3.04. The highest BCUT2D eigenvalue weighted by Gasteiger charge is 2.15. The van der Waals surface area contributed by atoms with E-state index < -0.39 is 5.76 Å². The van der Waals surface area contributed by atoms with Crippen LogP contribution in [0.3, 0.4) is 0 Å². The molecule has 0 aliphatic carbocycles. The minimum atomic E-state index is -2.44. The highest BCUT2D eigenvalue weighted by atomic mass is 32.2. The largest absolute Gasteiger partial charge is 0.377 e. The van der Waals surface area contributed by atoms with Crippen LogP contribution in [0.15, 0.2) is 29.2 Å². The summed E-state index contributed by atoms with van der Waals surface area (Å²) < 4.78 is 29.8. The molecule has 1 aliphatic rings. The Morgan fingerprint density at radius 2 is 2.14 bits per heavy atom. The van der Waals surface area contributed by atoms with Crippen molar-refractivity contribution >= 4 is 23.4 Å². The van der Waals surface area contributed by atoms with Crippen LogP contribution < -0.4 is 10.6 Å². The van der Waals surface area contributed by atoms with E-state index in [1.165, 1.54) is 0 Å². The van der Waals surface area contributed by atoms with Gasteiger partial charge in [-0.25, -0.2) is 0 Å². The van der Waals surface area contributed by atoms with Gasteiger partial charge < -0.3 is 15.4 Å². The number of hydrogen-bond donors (Lipinski definition) is 2. The first-order valence-electron chi connectivity index (χ1n) is 6.80. The van der Waals surface area contributed by atoms with Crippen molar-refractivity contribution in [1.29, 1.82) is 0 Å². The van der Waals surface area contributed by atoms with Crippen molar-refractivity contribution in [1.82, 2.24) is 5.32 Å². The van der Waals surface area contributed by atoms with Gasteiger partial charge in [-0.3, -0.25) is 4.79 Å². The first-order chi connectivity index (χ1) is 10.1. The minimum Gasteiger partial charge on any atom is -0.377 e. The highest BCUT2D eigenvalue weighted by molar-refractivity contribution is 7.99. The maximum atomic E-state index is 12.2. The number of thioether (sulfide) groups is 1. The fourth-order valence-electron chi connectivity index (χ4n) is 2.08. The Labute approximate surface area is 126 Å². The number of alkyl halides is 2. The van der Waals surface area contributed by atoms with Crippen molar-refractivity contribution in [2.24, 2.45) is 0 Å². The van der Waals surface area contributed by atoms with Crippen LogP contribution in [0.4, 0.5) is 14.5 Å². The second-order valence-corrected chi connectivity index (χ2v) is 5.78. The van der Waals surface area contributed by atoms with Gasteiger partial charge >= 0.3 is 0 Å². The molecule has 0 saturated carbocycles. The maximum absolute atomic E-state index is 12.2. The zero-order valence-corrected chi connectivity index (χ0v) is 12.3. The number of benzene rings is 1. The van der Waals surface area contributed by atoms with Crippen LogP contribution >= 0.6 is 11.8 Å². The summed E-state index contributed by atoms with van der Waals surface area (Å²) in [5.74, 6) is -2.60. The van der Waals surface area contributed by atoms with Crippen LogP contribution in [0.5, 0.6) is 0 Å². The van der Waals surface area contributed by atoms with Gasteiger partial charge in [-0.15, -0.1) is 0 Å². The molecule has 1 aliphatic heterocycles. The van der Waals surface area contributed by atoms with Crippen LogP contribution in [0.2, 0.25) is 0 Å². The second kappa shape index (κ2) is 8.31. The van der Waals surface area contributed by atoms with E-state index in [4.69, 9.17) is 4.74 Å². The first-order valence-corrected chi connectivity index (χ1v) is 7.68. The van der Waals surface area contributed by atoms with Crippen molar-refractivity contribution in [3.63, 3.8) is 0 Å². The van der Waals surface area contributed by atoms with Gasteiger partial charge in [-0.2, -0.15) is 8.78 Å². The summed E-state index contributed by atoms with van der Waals surface area (Å²) >= 11 is 0.482. The number of rotatable bonds is 7. The number of halogens is 2. The molecule has 1 fully saturated rings. The molecular weight excluding hydrogens is 298 g/mol. The van der Waals surface area contributed by atoms with Crippen LogP contribution in [0.1, 0.15) is 12.8 Å². The number of carbonyl (C=O) groups excluding carboxylic acids is 1. The lowest BCUT2D eigenvalue weighted by atomic mass is 10.2. The molecule has 0 bridgehead atoms. The summed E-state index contributed by atoms with van der Waals surface area (Å²) in [6, 6.07) is 6.35. The standard InChI is InChI=1S/C14H18F2N2O2S/c15-14(16)21-12-5-3-10(4-6-12)18-13(19)9-17-8-11-2-1-7-20-11/h3-6,11,14,17H,1-2,7-9H2,(H,18,19). The smallest absolute Gasteiger partial charge is 0.288 e. The number of amides is 1. The van der Waals surface area contributed by atoms with E-state index in [-0.39, 0.29) is 18.6 Å². The average Bonchev–Trinajstić information content (AvgIpc) is 2.93. The van der Waals surface area contributed by atoms with Crippen molar-refractivity contribution < 1.29 is 18.3 Å². The Hall–Kier alpha value is -1.18. The molecule has 1 unspecified atom stereocenters. The van der Waals surface area contributed by atoms with Crippen molar-refractivity contribution in [2.75, 3.05) is 25.0 Å². The minimum absolute atomic E-state index is 0.165. The van der Waals surface area contributed by atoms with Gasteiger partial charge in [-0.1, -0.05) is 11.8 Å². The lowest BCUT2D eigenvalue weighted by Gasteiger charge is -2.11. The van der Waals surface area contributed by atoms with Crippen LogP contribution in [0, 0.1) is 0 Å². The fraction of sp³-hybridized carbons (Fsp3) is 0.500. The van der Waals surface area contributed by atoms with Crippen molar-refractivity contribution in [3.05, 3.63) is 24.3 Å². The SMILES string of the molecule is O=C(CNCC1CCCO1)Nc1ccc(SC(F)F)cc1. The quantitative estimate of drug-likeness (QED) is 0.760. The van der Waals surface area contributed by atoms with E-state index in [0.29, 0.717) is 28.9 Å². The molecule has 1 heterocycles. The van der Waals surface area contributed by atoms with Gasteiger partial charge in [0.1, 0.15) is 0 Å². The normalized spacial score (nSPS) is 18.1. The molecular formula is C14H18F2N2O2S. The Balaban J connectivity index is 1.69. The molecule has 21 heavy (non-hydrogen) atoms. The summed E-state index contributed by atoms with van der Waals surface area (Å²) in [6.45, 7) is 1.66. The number of anilines is 1. The third-order valence-corrected chi connectivity index (χ3v) is 3.77. The molecule has 2 rings (SSSR count). The van der Waals surface area contributed by atoms with Gasteiger partial charge in [-0.05, 0) is 37.1 Å². The van der Waals surface area contributed by atoms with Crippen molar-refractivity contribution in [3.8, 4) is 0 Å². The van der Waals surface area contributed by atoms with Crippen LogP contribution in [-0.4, -0.2) is 37.5 Å². The second-order valence-electron chi connectivity index (χ2n) is 4.72. The Morgan fingerprint density at radius 3 is 2.76 bits per heavy atom. The molecule has 1 amide bonds. The highest BCUT2D eigenvalue weighted by Crippen LogP contribution is 2.26. The predicted molar refractivity (Wildman–Crippen MR) is 78.8 cm³/mol. The summed E-state index contributed by atoms with van der Waals surface area (Å²) in [4.78, 5) is 12.2. The van der Waals surface area contributed by atoms with Gasteiger partial charge in [0.25, 0.3) is 5.76 Å². The lowest BCUT2D eigenvalue weighted by molar-refractivity contribution is -0.115. The molecule has 0 radical (unpaired) electrons. The average molecular weight is 316 g/mol. The molecule has 116 valence electrons. The topological polar surface area (TPSA) is 50.4 Å². The van der Waals surface area contributed by atoms with E-state index in [0.717, 1.165) is 19.4 Å². The summed E-state index contributed by atoms with van der Waals surface area (Å²) in [7, 11) is 0. The van der Waals surface area contributed by atoms with Crippen LogP contribution in [0.25, 0.3) is 0 Å². The molecule has 0 aromatic heterocycles. The molecule has 2 N–H and O–H groups in total. The zero-order chi connectivity index (χ0) is 15.1. The summed E-state index contributed by atoms with van der Waals surface area (Å²) in [6.07, 6.45) is 2.29. The predicted octanol–water partition coefficient (Wildman–Crippen LogP) is 2.71. The van der Waals surface area contributed by atoms with Gasteiger partial charge in [0.2, 0.25) is 5.91 Å². The first kappa shape index (κ1) is 16.2. The molecule has 1 atom stereocenters. The van der Waals surface area contributed by atoms with Gasteiger partial charge in [0, 0.05) is 23.7 Å². The Bertz CT molecular complexity index is 451. The maximum Gasteiger partial charge on any atom is 0.288 e. The molecule has 1 aromatic carbocycles. The number of ether oxygens (including phenoxy) is 1. The molecule has 1 saturated heterocycles. The summed E-state index contributed by atoms with van der Waals surface area (Å²) in [5, 5.41) is 5.75. The number of nitrogens with one attached hydrogen (secondary N) is 2. The van der Waals surface area contributed by atoms with E-state index in [2.05, 4.69) is 10.6 Å². The number of carbonyl (C=O) groups is 1. The monoisotopic (exact) mass is 316 g/mol. The van der Waals surface area contributed by atoms with E-state index in [1.54, 1.807) is 24.3 Å². The van der Waals surface area contributed by atoms with Crippen LogP contribution in [-0.2, 0) is 9.53 Å². The van der Waals surface area contributed by atoms with Crippen molar-refractivity contribution in [2.45, 2.75) is 29.6 Å². The number of hydrogen-bond acceptors (Lipinski definition) is 4. The zero-order valence-electron chi connectivity index (χ0n) is 11.5. The molecule has 7 heteroatoms. The lowest BCUT2D eigenvalue weighted by Crippen LogP contribution is -2.33. The van der Waals surface area contributed by atoms with Gasteiger partial charge in [0.05, 0.1) is 12.6 Å². The molecule has 0 spiro atoms. The summed E-state index contributed by atoms with van der Waals surface area (Å²) in [5.41, 5.74) is 0.595. The van der Waals surface area contributed by atoms with E-state index in [1.807, 2.05) is 0 Å².